The Morgan fingerprint density at radius 1 is 1.42 bits per heavy atom. The van der Waals surface area contributed by atoms with Crippen molar-refractivity contribution in [3.63, 3.8) is 0 Å². The molecule has 2 atom stereocenters. The van der Waals surface area contributed by atoms with E-state index >= 15 is 0 Å². The van der Waals surface area contributed by atoms with Gasteiger partial charge in [-0.25, -0.2) is 4.39 Å². The van der Waals surface area contributed by atoms with Gasteiger partial charge < -0.3 is 9.84 Å². The number of carbonyl (C=O) groups excluding carboxylic acids is 1. The van der Waals surface area contributed by atoms with E-state index in [0.717, 1.165) is 0 Å². The number of aliphatic hydroxyl groups is 1. The molecule has 0 radical (unpaired) electrons. The highest BCUT2D eigenvalue weighted by molar-refractivity contribution is 5.74. The van der Waals surface area contributed by atoms with Crippen LogP contribution in [0.25, 0.3) is 0 Å². The van der Waals surface area contributed by atoms with Crippen LogP contribution in [0.3, 0.4) is 0 Å². The van der Waals surface area contributed by atoms with Gasteiger partial charge in [0.1, 0.15) is 11.4 Å². The van der Waals surface area contributed by atoms with E-state index in [1.165, 1.54) is 19.1 Å². The number of hydrogen-bond acceptors (Lipinski definition) is 3. The summed E-state index contributed by atoms with van der Waals surface area (Å²) in [7, 11) is 0. The van der Waals surface area contributed by atoms with E-state index in [9.17, 15) is 14.3 Å². The van der Waals surface area contributed by atoms with Crippen LogP contribution >= 0.6 is 0 Å². The van der Waals surface area contributed by atoms with Gasteiger partial charge >= 0.3 is 5.97 Å². The van der Waals surface area contributed by atoms with Gasteiger partial charge in [-0.1, -0.05) is 31.5 Å². The number of rotatable bonds is 6. The zero-order valence-corrected chi connectivity index (χ0v) is 11.6. The normalized spacial score (nSPS) is 15.6. The van der Waals surface area contributed by atoms with Gasteiger partial charge in [0.2, 0.25) is 0 Å². The molecule has 0 aromatic heterocycles. The third-order valence-corrected chi connectivity index (χ3v) is 3.25. The molecule has 2 unspecified atom stereocenters. The topological polar surface area (TPSA) is 46.5 Å². The molecule has 1 aromatic rings. The van der Waals surface area contributed by atoms with Gasteiger partial charge in [0.25, 0.3) is 0 Å². The lowest BCUT2D eigenvalue weighted by atomic mass is 9.80. The second-order valence-electron chi connectivity index (χ2n) is 4.72. The summed E-state index contributed by atoms with van der Waals surface area (Å²) in [5.41, 5.74) is -1.45. The lowest BCUT2D eigenvalue weighted by molar-refractivity contribution is -0.158. The Morgan fingerprint density at radius 3 is 2.58 bits per heavy atom. The van der Waals surface area contributed by atoms with Crippen LogP contribution in [0.15, 0.2) is 24.3 Å². The van der Waals surface area contributed by atoms with Gasteiger partial charge in [-0.2, -0.15) is 0 Å². The minimum Gasteiger partial charge on any atom is -0.466 e. The predicted molar refractivity (Wildman–Crippen MR) is 71.0 cm³/mol. The lowest BCUT2D eigenvalue weighted by Crippen LogP contribution is -2.39. The fourth-order valence-electron chi connectivity index (χ4n) is 2.22. The van der Waals surface area contributed by atoms with Gasteiger partial charge in [-0.15, -0.1) is 0 Å². The molecular weight excluding hydrogens is 247 g/mol. The minimum absolute atomic E-state index is 0.126. The quantitative estimate of drug-likeness (QED) is 0.807. The van der Waals surface area contributed by atoms with Crippen molar-refractivity contribution in [2.75, 3.05) is 6.61 Å². The summed E-state index contributed by atoms with van der Waals surface area (Å²) in [5, 5.41) is 10.6. The number of carbonyl (C=O) groups is 1. The Balaban J connectivity index is 3.12. The number of halogens is 1. The Morgan fingerprint density at radius 2 is 2.05 bits per heavy atom. The van der Waals surface area contributed by atoms with E-state index in [1.807, 2.05) is 6.92 Å². The second kappa shape index (κ2) is 6.66. The van der Waals surface area contributed by atoms with Crippen molar-refractivity contribution in [1.29, 1.82) is 0 Å². The molecule has 0 saturated heterocycles. The molecule has 1 rings (SSSR count). The van der Waals surface area contributed by atoms with Crippen LogP contribution in [-0.2, 0) is 15.1 Å². The lowest BCUT2D eigenvalue weighted by Gasteiger charge is -2.31. The van der Waals surface area contributed by atoms with Crippen LogP contribution in [0, 0.1) is 11.7 Å². The fraction of sp³-hybridized carbons (Fsp3) is 0.533. The van der Waals surface area contributed by atoms with Crippen molar-refractivity contribution in [2.45, 2.75) is 39.2 Å². The van der Waals surface area contributed by atoms with Crippen molar-refractivity contribution in [1.82, 2.24) is 0 Å². The first-order valence-corrected chi connectivity index (χ1v) is 6.59. The number of ether oxygens (including phenoxy) is 1. The molecule has 106 valence electrons. The molecule has 1 aromatic carbocycles. The first-order chi connectivity index (χ1) is 8.95. The van der Waals surface area contributed by atoms with Crippen molar-refractivity contribution >= 4 is 5.97 Å². The van der Waals surface area contributed by atoms with Crippen LogP contribution in [0.1, 0.15) is 39.2 Å². The summed E-state index contributed by atoms with van der Waals surface area (Å²) < 4.78 is 18.8. The van der Waals surface area contributed by atoms with Crippen molar-refractivity contribution in [2.24, 2.45) is 5.92 Å². The zero-order chi connectivity index (χ0) is 14.5. The van der Waals surface area contributed by atoms with Crippen LogP contribution in [0.4, 0.5) is 4.39 Å². The monoisotopic (exact) mass is 268 g/mol. The first-order valence-electron chi connectivity index (χ1n) is 6.59. The standard InChI is InChI=1S/C15H21FO3/c1-4-8-12(14(17)19-5-2)15(3,18)11-9-6-7-10-13(11)16/h6-7,9-10,12,18H,4-5,8H2,1-3H3. The molecule has 0 saturated carbocycles. The molecule has 4 heteroatoms. The molecule has 0 spiro atoms. The third kappa shape index (κ3) is 3.53. The number of hydrogen-bond donors (Lipinski definition) is 1. The average molecular weight is 268 g/mol. The van der Waals surface area contributed by atoms with Crippen molar-refractivity contribution in [3.05, 3.63) is 35.6 Å². The van der Waals surface area contributed by atoms with Gasteiger partial charge in [0.05, 0.1) is 12.5 Å². The minimum atomic E-state index is -1.58. The van der Waals surface area contributed by atoms with Crippen molar-refractivity contribution in [3.8, 4) is 0 Å². The van der Waals surface area contributed by atoms with Crippen molar-refractivity contribution < 1.29 is 19.0 Å². The maximum Gasteiger partial charge on any atom is 0.312 e. The molecule has 0 aliphatic rings. The Bertz CT molecular complexity index is 429. The Kier molecular flexibility index (Phi) is 5.48. The van der Waals surface area contributed by atoms with Crippen LogP contribution < -0.4 is 0 Å². The molecule has 0 amide bonds. The molecule has 3 nitrogen and oxygen atoms in total. The molecule has 1 N–H and O–H groups in total. The van der Waals surface area contributed by atoms with Crippen LogP contribution in [-0.4, -0.2) is 17.7 Å². The summed E-state index contributed by atoms with van der Waals surface area (Å²) >= 11 is 0. The largest absolute Gasteiger partial charge is 0.466 e. The van der Waals surface area contributed by atoms with E-state index in [2.05, 4.69) is 0 Å². The molecular formula is C15H21FO3. The predicted octanol–water partition coefficient (Wildman–Crippen LogP) is 3.01. The van der Waals surface area contributed by atoms with E-state index in [-0.39, 0.29) is 12.2 Å². The maximum absolute atomic E-state index is 13.8. The van der Waals surface area contributed by atoms with Gasteiger partial charge in [0, 0.05) is 5.56 Å². The van der Waals surface area contributed by atoms with Gasteiger partial charge in [0.15, 0.2) is 0 Å². The summed E-state index contributed by atoms with van der Waals surface area (Å²) in [6, 6.07) is 5.96. The van der Waals surface area contributed by atoms with Gasteiger partial charge in [-0.05, 0) is 26.3 Å². The second-order valence-corrected chi connectivity index (χ2v) is 4.72. The average Bonchev–Trinajstić information content (AvgIpc) is 2.36. The Hall–Kier alpha value is -1.42. The van der Waals surface area contributed by atoms with E-state index in [4.69, 9.17) is 4.74 Å². The van der Waals surface area contributed by atoms with Crippen LogP contribution in [0.2, 0.25) is 0 Å². The molecule has 0 heterocycles. The Labute approximate surface area is 113 Å². The summed E-state index contributed by atoms with van der Waals surface area (Å²) in [6.45, 7) is 5.32. The third-order valence-electron chi connectivity index (χ3n) is 3.25. The van der Waals surface area contributed by atoms with E-state index < -0.39 is 23.3 Å². The first kappa shape index (κ1) is 15.6. The zero-order valence-electron chi connectivity index (χ0n) is 11.6. The SMILES string of the molecule is CCCC(C(=O)OCC)C(C)(O)c1ccccc1F. The molecule has 19 heavy (non-hydrogen) atoms. The summed E-state index contributed by atoms with van der Waals surface area (Å²) in [5.74, 6) is -1.77. The summed E-state index contributed by atoms with van der Waals surface area (Å²) in [4.78, 5) is 12.0. The highest BCUT2D eigenvalue weighted by atomic mass is 19.1. The molecule has 0 fully saturated rings. The maximum atomic E-state index is 13.8. The smallest absolute Gasteiger partial charge is 0.312 e. The molecule has 0 aliphatic carbocycles. The van der Waals surface area contributed by atoms with E-state index in [1.54, 1.807) is 19.1 Å². The number of benzene rings is 1. The highest BCUT2D eigenvalue weighted by Gasteiger charge is 2.40. The fourth-order valence-corrected chi connectivity index (χ4v) is 2.22. The summed E-state index contributed by atoms with van der Waals surface area (Å²) in [6.07, 6.45) is 1.15. The van der Waals surface area contributed by atoms with Crippen LogP contribution in [0.5, 0.6) is 0 Å². The van der Waals surface area contributed by atoms with E-state index in [0.29, 0.717) is 12.8 Å². The molecule has 0 aliphatic heterocycles. The highest BCUT2D eigenvalue weighted by Crippen LogP contribution is 2.34. The number of esters is 1. The molecule has 0 bridgehead atoms. The van der Waals surface area contributed by atoms with Gasteiger partial charge in [-0.3, -0.25) is 4.79 Å².